The maximum atomic E-state index is 12.6. The highest BCUT2D eigenvalue weighted by Crippen LogP contribution is 2.32. The molecule has 0 bridgehead atoms. The number of hydrogen-bond acceptors (Lipinski definition) is 7. The first-order valence-electron chi connectivity index (χ1n) is 8.15. The minimum atomic E-state index is -0.390. The van der Waals surface area contributed by atoms with Crippen molar-refractivity contribution >= 4 is 45.7 Å². The summed E-state index contributed by atoms with van der Waals surface area (Å²) in [5.74, 6) is 0.252. The van der Waals surface area contributed by atoms with Crippen LogP contribution in [-0.4, -0.2) is 25.8 Å². The number of anilines is 1. The van der Waals surface area contributed by atoms with Gasteiger partial charge in [0.2, 0.25) is 4.96 Å². The van der Waals surface area contributed by atoms with Crippen LogP contribution in [0.15, 0.2) is 58.6 Å². The van der Waals surface area contributed by atoms with Crippen LogP contribution in [0.3, 0.4) is 0 Å². The molecule has 8 heteroatoms. The fourth-order valence-electron chi connectivity index (χ4n) is 2.93. The Morgan fingerprint density at radius 1 is 1.15 bits per heavy atom. The molecule has 1 aliphatic heterocycles. The molecule has 2 N–H and O–H groups in total. The molecule has 5 rings (SSSR count). The van der Waals surface area contributed by atoms with Crippen LogP contribution in [-0.2, 0) is 0 Å². The lowest BCUT2D eigenvalue weighted by molar-refractivity contribution is 0.944. The van der Waals surface area contributed by atoms with E-state index in [1.807, 2.05) is 36.4 Å². The summed E-state index contributed by atoms with van der Waals surface area (Å²) in [6.07, 6.45) is 6.84. The molecule has 27 heavy (non-hydrogen) atoms. The summed E-state index contributed by atoms with van der Waals surface area (Å²) < 4.78 is 1.50. The fraction of sp³-hybridized carbons (Fsp3) is 0. The highest BCUT2D eigenvalue weighted by molar-refractivity contribution is 7.19. The molecule has 0 saturated carbocycles. The number of para-hydroxylation sites is 1. The van der Waals surface area contributed by atoms with Crippen LogP contribution >= 0.6 is 11.3 Å². The van der Waals surface area contributed by atoms with Crippen LogP contribution in [0.2, 0.25) is 0 Å². The van der Waals surface area contributed by atoms with Gasteiger partial charge in [0.25, 0.3) is 5.56 Å². The molecule has 0 radical (unpaired) electrons. The number of allylic oxidation sites excluding steroid dienone is 1. The largest absolute Gasteiger partial charge is 0.383 e. The van der Waals surface area contributed by atoms with E-state index in [1.54, 1.807) is 24.7 Å². The van der Waals surface area contributed by atoms with Gasteiger partial charge in [-0.15, -0.1) is 0 Å². The van der Waals surface area contributed by atoms with E-state index in [4.69, 9.17) is 5.73 Å². The lowest BCUT2D eigenvalue weighted by atomic mass is 10.1. The van der Waals surface area contributed by atoms with E-state index < -0.39 is 0 Å². The predicted molar refractivity (Wildman–Crippen MR) is 107 cm³/mol. The van der Waals surface area contributed by atoms with Crippen molar-refractivity contribution in [2.75, 3.05) is 5.73 Å². The molecule has 0 amide bonds. The topological polar surface area (TPSA) is 98.5 Å². The molecule has 0 saturated heterocycles. The molecule has 1 aromatic carbocycles. The smallest absolute Gasteiger partial charge is 0.283 e. The van der Waals surface area contributed by atoms with Crippen LogP contribution in [0.4, 0.5) is 11.5 Å². The van der Waals surface area contributed by atoms with E-state index in [0.717, 1.165) is 22.4 Å². The highest BCUT2D eigenvalue weighted by atomic mass is 32.1. The van der Waals surface area contributed by atoms with E-state index in [9.17, 15) is 4.79 Å². The predicted octanol–water partition coefficient (Wildman–Crippen LogP) is 3.05. The molecule has 0 aliphatic carbocycles. The summed E-state index contributed by atoms with van der Waals surface area (Å²) in [6.45, 7) is 0. The summed E-state index contributed by atoms with van der Waals surface area (Å²) in [7, 11) is 0. The number of nitrogens with two attached hydrogens (primary N) is 1. The second kappa shape index (κ2) is 5.96. The zero-order valence-electron chi connectivity index (χ0n) is 13.9. The second-order valence-corrected chi connectivity index (χ2v) is 6.89. The molecular formula is C19H12N6OS. The van der Waals surface area contributed by atoms with Gasteiger partial charge in [-0.1, -0.05) is 29.5 Å². The molecular weight excluding hydrogens is 360 g/mol. The van der Waals surface area contributed by atoms with E-state index in [1.165, 1.54) is 15.9 Å². The fourth-order valence-corrected chi connectivity index (χ4v) is 3.82. The number of nitrogens with zero attached hydrogens (tertiary/aromatic N) is 5. The zero-order valence-corrected chi connectivity index (χ0v) is 14.7. The molecule has 4 aromatic rings. The summed E-state index contributed by atoms with van der Waals surface area (Å²) >= 11 is 1.29. The minimum Gasteiger partial charge on any atom is -0.383 e. The first kappa shape index (κ1) is 15.6. The molecule has 0 atom stereocenters. The Bertz CT molecular complexity index is 1300. The van der Waals surface area contributed by atoms with Gasteiger partial charge < -0.3 is 5.73 Å². The number of benzene rings is 1. The summed E-state index contributed by atoms with van der Waals surface area (Å²) in [5.41, 5.74) is 9.66. The monoisotopic (exact) mass is 372 g/mol. The second-order valence-electron chi connectivity index (χ2n) is 5.93. The Kier molecular flexibility index (Phi) is 3.44. The Balaban J connectivity index is 1.67. The molecule has 130 valence electrons. The maximum absolute atomic E-state index is 12.6. The van der Waals surface area contributed by atoms with Crippen molar-refractivity contribution in [1.82, 2.24) is 19.6 Å². The zero-order chi connectivity index (χ0) is 18.4. The SMILES string of the molecule is Nc1c(/C=C2/C=Nc3ccccc32)c(=O)nc2sc(-c3cccnc3)nn12. The minimum absolute atomic E-state index is 0.252. The number of rotatable bonds is 2. The first-order valence-corrected chi connectivity index (χ1v) is 8.97. The highest BCUT2D eigenvalue weighted by Gasteiger charge is 2.17. The van der Waals surface area contributed by atoms with Gasteiger partial charge in [-0.25, -0.2) is 0 Å². The Labute approximate surface area is 157 Å². The third-order valence-electron chi connectivity index (χ3n) is 4.26. The number of fused-ring (bicyclic) bond motifs is 2. The molecule has 0 fully saturated rings. The standard InChI is InChI=1S/C19H12N6OS/c20-16-14(8-12-10-22-15-6-2-1-5-13(12)15)17(26)23-19-25(16)24-18(27-19)11-4-3-7-21-9-11/h1-10H,20H2/b12-8-. The molecule has 0 spiro atoms. The van der Waals surface area contributed by atoms with Crippen LogP contribution in [0.1, 0.15) is 11.1 Å². The van der Waals surface area contributed by atoms with Crippen molar-refractivity contribution < 1.29 is 0 Å². The Hall–Kier alpha value is -3.65. The van der Waals surface area contributed by atoms with E-state index >= 15 is 0 Å². The van der Waals surface area contributed by atoms with Gasteiger partial charge >= 0.3 is 0 Å². The molecule has 3 aromatic heterocycles. The third-order valence-corrected chi connectivity index (χ3v) is 5.22. The van der Waals surface area contributed by atoms with Crippen molar-refractivity contribution in [2.24, 2.45) is 4.99 Å². The maximum Gasteiger partial charge on any atom is 0.283 e. The van der Waals surface area contributed by atoms with Crippen LogP contribution in [0.5, 0.6) is 0 Å². The van der Waals surface area contributed by atoms with Gasteiger partial charge in [0.1, 0.15) is 10.8 Å². The number of hydrogen-bond donors (Lipinski definition) is 1. The van der Waals surface area contributed by atoms with Gasteiger partial charge in [-0.3, -0.25) is 14.8 Å². The molecule has 0 unspecified atom stereocenters. The van der Waals surface area contributed by atoms with Crippen molar-refractivity contribution in [3.8, 4) is 10.6 Å². The quantitative estimate of drug-likeness (QED) is 0.583. The van der Waals surface area contributed by atoms with Gasteiger partial charge in [-0.2, -0.15) is 14.6 Å². The number of nitrogen functional groups attached to an aromatic ring is 1. The average Bonchev–Trinajstić information content (AvgIpc) is 3.30. The third kappa shape index (κ3) is 2.54. The lowest BCUT2D eigenvalue weighted by Crippen LogP contribution is -2.16. The van der Waals surface area contributed by atoms with Crippen molar-refractivity contribution in [3.05, 3.63) is 70.3 Å². The van der Waals surface area contributed by atoms with Crippen molar-refractivity contribution in [1.29, 1.82) is 0 Å². The number of pyridine rings is 1. The summed E-state index contributed by atoms with van der Waals surface area (Å²) in [4.78, 5) is 25.6. The normalized spacial score (nSPS) is 14.1. The summed E-state index contributed by atoms with van der Waals surface area (Å²) in [5, 5.41) is 5.20. The van der Waals surface area contributed by atoms with E-state index in [-0.39, 0.29) is 11.4 Å². The molecule has 1 aliphatic rings. The van der Waals surface area contributed by atoms with E-state index in [0.29, 0.717) is 15.5 Å². The Morgan fingerprint density at radius 3 is 2.89 bits per heavy atom. The van der Waals surface area contributed by atoms with Gasteiger partial charge in [-0.05, 0) is 24.3 Å². The first-order chi connectivity index (χ1) is 13.2. The Morgan fingerprint density at radius 2 is 2.04 bits per heavy atom. The average molecular weight is 372 g/mol. The molecule has 4 heterocycles. The van der Waals surface area contributed by atoms with Crippen LogP contribution < -0.4 is 11.3 Å². The lowest BCUT2D eigenvalue weighted by Gasteiger charge is -2.03. The van der Waals surface area contributed by atoms with Gasteiger partial charge in [0.05, 0.1) is 11.3 Å². The van der Waals surface area contributed by atoms with Crippen LogP contribution in [0.25, 0.3) is 27.2 Å². The van der Waals surface area contributed by atoms with Crippen LogP contribution in [0, 0.1) is 0 Å². The summed E-state index contributed by atoms with van der Waals surface area (Å²) in [6, 6.07) is 11.5. The van der Waals surface area contributed by atoms with Crippen molar-refractivity contribution in [3.63, 3.8) is 0 Å². The number of aromatic nitrogens is 4. The van der Waals surface area contributed by atoms with Gasteiger partial charge in [0, 0.05) is 35.3 Å². The van der Waals surface area contributed by atoms with Gasteiger partial charge in [0.15, 0.2) is 0 Å². The van der Waals surface area contributed by atoms with Crippen molar-refractivity contribution in [2.45, 2.75) is 0 Å². The number of aliphatic imine (C=N–C) groups is 1. The molecule has 7 nitrogen and oxygen atoms in total. The van der Waals surface area contributed by atoms with E-state index in [2.05, 4.69) is 20.1 Å².